The van der Waals surface area contributed by atoms with Gasteiger partial charge in [0.25, 0.3) is 0 Å². The normalized spacial score (nSPS) is 40.2. The van der Waals surface area contributed by atoms with Crippen molar-refractivity contribution in [2.24, 2.45) is 29.4 Å². The Morgan fingerprint density at radius 2 is 1.83 bits per heavy atom. The summed E-state index contributed by atoms with van der Waals surface area (Å²) in [6.45, 7) is 5.65. The number of rotatable bonds is 2. The monoisotopic (exact) mass is 248 g/mol. The fourth-order valence-corrected chi connectivity index (χ4v) is 4.27. The van der Waals surface area contributed by atoms with Gasteiger partial charge in [-0.15, -0.1) is 6.58 Å². The maximum absolute atomic E-state index is 12.6. The Kier molecular flexibility index (Phi) is 3.18. The van der Waals surface area contributed by atoms with E-state index in [1.165, 1.54) is 19.3 Å². The molecule has 0 radical (unpaired) electrons. The zero-order chi connectivity index (χ0) is 12.7. The van der Waals surface area contributed by atoms with Crippen molar-refractivity contribution in [3.63, 3.8) is 0 Å². The molecule has 0 aromatic carbocycles. The summed E-state index contributed by atoms with van der Waals surface area (Å²) in [7, 11) is 0. The van der Waals surface area contributed by atoms with Crippen molar-refractivity contribution in [2.75, 3.05) is 13.1 Å². The van der Waals surface area contributed by atoms with Crippen molar-refractivity contribution in [3.05, 3.63) is 12.7 Å². The molecule has 0 aromatic rings. The SMILES string of the molecule is C=CC1CCN(C(=O)[C@H]2[C@H]3CC[C@@H](C3)[C@H]2N)CC1. The van der Waals surface area contributed by atoms with Crippen LogP contribution in [0.5, 0.6) is 0 Å². The second-order valence-corrected chi connectivity index (χ2v) is 6.33. The Bertz CT molecular complexity index is 344. The summed E-state index contributed by atoms with van der Waals surface area (Å²) in [5, 5.41) is 0. The van der Waals surface area contributed by atoms with Crippen molar-refractivity contribution >= 4 is 5.91 Å². The van der Waals surface area contributed by atoms with Gasteiger partial charge in [0, 0.05) is 19.1 Å². The highest BCUT2D eigenvalue weighted by atomic mass is 16.2. The number of likely N-dealkylation sites (tertiary alicyclic amines) is 1. The van der Waals surface area contributed by atoms with Crippen LogP contribution in [-0.4, -0.2) is 29.9 Å². The minimum absolute atomic E-state index is 0.129. The first-order valence-corrected chi connectivity index (χ1v) is 7.37. The Morgan fingerprint density at radius 1 is 1.17 bits per heavy atom. The molecule has 4 atom stereocenters. The third-order valence-electron chi connectivity index (χ3n) is 5.45. The minimum atomic E-state index is 0.129. The van der Waals surface area contributed by atoms with Gasteiger partial charge in [-0.3, -0.25) is 4.79 Å². The number of fused-ring (bicyclic) bond motifs is 2. The smallest absolute Gasteiger partial charge is 0.227 e. The molecule has 3 heteroatoms. The lowest BCUT2D eigenvalue weighted by Gasteiger charge is -2.36. The first-order valence-electron chi connectivity index (χ1n) is 7.37. The number of nitrogens with two attached hydrogens (primary N) is 1. The molecule has 18 heavy (non-hydrogen) atoms. The lowest BCUT2D eigenvalue weighted by molar-refractivity contribution is -0.139. The van der Waals surface area contributed by atoms with Crippen LogP contribution < -0.4 is 5.73 Å². The van der Waals surface area contributed by atoms with Gasteiger partial charge in [-0.05, 0) is 49.9 Å². The second-order valence-electron chi connectivity index (χ2n) is 6.33. The summed E-state index contributed by atoms with van der Waals surface area (Å²) in [4.78, 5) is 14.7. The largest absolute Gasteiger partial charge is 0.342 e. The molecule has 0 spiro atoms. The van der Waals surface area contributed by atoms with Crippen molar-refractivity contribution in [1.82, 2.24) is 4.90 Å². The fourth-order valence-electron chi connectivity index (χ4n) is 4.27. The molecule has 100 valence electrons. The van der Waals surface area contributed by atoms with E-state index in [9.17, 15) is 4.79 Å². The highest BCUT2D eigenvalue weighted by Crippen LogP contribution is 2.48. The Morgan fingerprint density at radius 3 is 2.39 bits per heavy atom. The Hall–Kier alpha value is -0.830. The number of carbonyl (C=O) groups excluding carboxylic acids is 1. The van der Waals surface area contributed by atoms with E-state index in [-0.39, 0.29) is 12.0 Å². The summed E-state index contributed by atoms with van der Waals surface area (Å²) < 4.78 is 0. The van der Waals surface area contributed by atoms with E-state index in [0.29, 0.717) is 23.7 Å². The standard InChI is InChI=1S/C15H24N2O/c1-2-10-5-7-17(8-6-10)15(18)13-11-3-4-12(9-11)14(13)16/h2,10-14H,1,3-9,16H2/t11-,12-,13-,14+/m0/s1. The number of allylic oxidation sites excluding steroid dienone is 1. The predicted octanol–water partition coefficient (Wildman–Crippen LogP) is 1.78. The van der Waals surface area contributed by atoms with Crippen LogP contribution >= 0.6 is 0 Å². The van der Waals surface area contributed by atoms with Crippen molar-refractivity contribution in [3.8, 4) is 0 Å². The van der Waals surface area contributed by atoms with E-state index < -0.39 is 0 Å². The summed E-state index contributed by atoms with van der Waals surface area (Å²) in [6, 6.07) is 0.133. The van der Waals surface area contributed by atoms with Gasteiger partial charge in [-0.1, -0.05) is 6.08 Å². The molecule has 3 fully saturated rings. The van der Waals surface area contributed by atoms with Crippen molar-refractivity contribution in [2.45, 2.75) is 38.1 Å². The summed E-state index contributed by atoms with van der Waals surface area (Å²) in [6.07, 6.45) is 7.84. The Labute approximate surface area is 109 Å². The number of amides is 1. The van der Waals surface area contributed by atoms with Crippen LogP contribution in [0, 0.1) is 23.7 Å². The highest BCUT2D eigenvalue weighted by Gasteiger charge is 2.50. The van der Waals surface area contributed by atoms with Crippen LogP contribution in [0.4, 0.5) is 0 Å². The molecule has 2 N–H and O–H groups in total. The molecule has 3 aliphatic rings. The quantitative estimate of drug-likeness (QED) is 0.757. The van der Waals surface area contributed by atoms with Gasteiger partial charge >= 0.3 is 0 Å². The third-order valence-corrected chi connectivity index (χ3v) is 5.45. The van der Waals surface area contributed by atoms with Gasteiger partial charge in [0.05, 0.1) is 5.92 Å². The van der Waals surface area contributed by atoms with Gasteiger partial charge in [0.2, 0.25) is 5.91 Å². The molecule has 3 nitrogen and oxygen atoms in total. The van der Waals surface area contributed by atoms with Crippen LogP contribution in [0.3, 0.4) is 0 Å². The van der Waals surface area contributed by atoms with Crippen LogP contribution in [0.2, 0.25) is 0 Å². The molecular formula is C15H24N2O. The molecule has 2 saturated carbocycles. The van der Waals surface area contributed by atoms with Crippen molar-refractivity contribution in [1.29, 1.82) is 0 Å². The van der Waals surface area contributed by atoms with Crippen LogP contribution in [0.25, 0.3) is 0 Å². The predicted molar refractivity (Wildman–Crippen MR) is 71.8 cm³/mol. The van der Waals surface area contributed by atoms with E-state index in [0.717, 1.165) is 25.9 Å². The third kappa shape index (κ3) is 1.89. The fraction of sp³-hybridized carbons (Fsp3) is 0.800. The van der Waals surface area contributed by atoms with Gasteiger partial charge in [-0.2, -0.15) is 0 Å². The molecule has 1 amide bonds. The summed E-state index contributed by atoms with van der Waals surface area (Å²) >= 11 is 0. The molecule has 0 aromatic heterocycles. The van der Waals surface area contributed by atoms with Crippen LogP contribution in [0.1, 0.15) is 32.1 Å². The maximum atomic E-state index is 12.6. The lowest BCUT2D eigenvalue weighted by atomic mass is 9.83. The van der Waals surface area contributed by atoms with E-state index >= 15 is 0 Å². The lowest BCUT2D eigenvalue weighted by Crippen LogP contribution is -2.49. The number of hydrogen-bond donors (Lipinski definition) is 1. The number of hydrogen-bond acceptors (Lipinski definition) is 2. The zero-order valence-electron chi connectivity index (χ0n) is 11.1. The minimum Gasteiger partial charge on any atom is -0.342 e. The topological polar surface area (TPSA) is 46.3 Å². The average molecular weight is 248 g/mol. The van der Waals surface area contributed by atoms with E-state index in [2.05, 4.69) is 11.5 Å². The van der Waals surface area contributed by atoms with E-state index in [1.807, 2.05) is 6.08 Å². The zero-order valence-corrected chi connectivity index (χ0v) is 11.1. The molecule has 0 unspecified atom stereocenters. The summed E-state index contributed by atoms with van der Waals surface area (Å²) in [5.41, 5.74) is 6.26. The maximum Gasteiger partial charge on any atom is 0.227 e. The first-order chi connectivity index (χ1) is 8.70. The molecule has 1 saturated heterocycles. The number of piperidine rings is 1. The molecule has 1 heterocycles. The van der Waals surface area contributed by atoms with Crippen LogP contribution in [-0.2, 0) is 4.79 Å². The van der Waals surface area contributed by atoms with Crippen LogP contribution in [0.15, 0.2) is 12.7 Å². The van der Waals surface area contributed by atoms with Gasteiger partial charge in [0.15, 0.2) is 0 Å². The highest BCUT2D eigenvalue weighted by molar-refractivity contribution is 5.80. The van der Waals surface area contributed by atoms with E-state index in [4.69, 9.17) is 5.73 Å². The number of carbonyl (C=O) groups is 1. The van der Waals surface area contributed by atoms with E-state index in [1.54, 1.807) is 0 Å². The van der Waals surface area contributed by atoms with Gasteiger partial charge < -0.3 is 10.6 Å². The summed E-state index contributed by atoms with van der Waals surface area (Å²) in [5.74, 6) is 2.27. The molecule has 2 aliphatic carbocycles. The van der Waals surface area contributed by atoms with Gasteiger partial charge in [0.1, 0.15) is 0 Å². The van der Waals surface area contributed by atoms with Crippen molar-refractivity contribution < 1.29 is 4.79 Å². The van der Waals surface area contributed by atoms with Gasteiger partial charge in [-0.25, -0.2) is 0 Å². The first kappa shape index (κ1) is 12.2. The number of nitrogens with zero attached hydrogens (tertiary/aromatic N) is 1. The average Bonchev–Trinajstić information content (AvgIpc) is 2.99. The molecule has 2 bridgehead atoms. The molecular weight excluding hydrogens is 224 g/mol. The molecule has 1 aliphatic heterocycles. The molecule has 3 rings (SSSR count). The Balaban J connectivity index is 1.63. The second kappa shape index (κ2) is 4.69.